The number of benzene rings is 3. The average Bonchev–Trinajstić information content (AvgIpc) is 3.12. The third-order valence-electron chi connectivity index (χ3n) is 4.82. The quantitative estimate of drug-likeness (QED) is 0.457. The number of methoxy groups -OCH3 is 2. The maximum absolute atomic E-state index is 12.9. The summed E-state index contributed by atoms with van der Waals surface area (Å²) < 4.78 is 12.8. The molecule has 0 bridgehead atoms. The summed E-state index contributed by atoms with van der Waals surface area (Å²) in [7, 11) is 2.98. The third kappa shape index (κ3) is 3.90. The van der Waals surface area contributed by atoms with Gasteiger partial charge >= 0.3 is 5.97 Å². The topological polar surface area (TPSA) is 69.9 Å². The molecule has 0 unspecified atom stereocenters. The van der Waals surface area contributed by atoms with Crippen molar-refractivity contribution in [2.75, 3.05) is 20.8 Å². The molecule has 0 N–H and O–H groups in total. The maximum Gasteiger partial charge on any atom is 0.337 e. The van der Waals surface area contributed by atoms with E-state index in [1.54, 1.807) is 25.3 Å². The van der Waals surface area contributed by atoms with Gasteiger partial charge in [-0.25, -0.2) is 4.79 Å². The highest BCUT2D eigenvalue weighted by atomic mass is 32.1. The number of esters is 1. The van der Waals surface area contributed by atoms with Crippen molar-refractivity contribution < 1.29 is 19.1 Å². The first-order valence-corrected chi connectivity index (χ1v) is 10.2. The van der Waals surface area contributed by atoms with Crippen molar-refractivity contribution in [3.05, 3.63) is 76.6 Å². The standard InChI is InChI=1S/C23H20N2O4S/c1-28-12-11-25-19-10-9-18(22(27)29-2)14-20(19)30-23(25)24-21(26)17-8-7-15-5-3-4-6-16(15)13-17/h3-10,13-14H,11-12H2,1-2H3. The van der Waals surface area contributed by atoms with Gasteiger partial charge in [-0.1, -0.05) is 41.7 Å². The summed E-state index contributed by atoms with van der Waals surface area (Å²) in [5, 5.41) is 2.06. The van der Waals surface area contributed by atoms with Crippen molar-refractivity contribution in [1.82, 2.24) is 4.57 Å². The van der Waals surface area contributed by atoms with E-state index in [4.69, 9.17) is 9.47 Å². The molecular weight excluding hydrogens is 400 g/mol. The predicted octanol–water partition coefficient (Wildman–Crippen LogP) is 4.03. The lowest BCUT2D eigenvalue weighted by Crippen LogP contribution is -2.19. The molecule has 0 saturated heterocycles. The van der Waals surface area contributed by atoms with Gasteiger partial charge < -0.3 is 14.0 Å². The Bertz CT molecular complexity index is 1320. The number of nitrogens with zero attached hydrogens (tertiary/aromatic N) is 2. The van der Waals surface area contributed by atoms with Gasteiger partial charge in [-0.3, -0.25) is 4.79 Å². The van der Waals surface area contributed by atoms with Crippen molar-refractivity contribution >= 4 is 44.2 Å². The predicted molar refractivity (Wildman–Crippen MR) is 117 cm³/mol. The molecule has 7 heteroatoms. The number of thiazole rings is 1. The minimum absolute atomic E-state index is 0.313. The minimum atomic E-state index is -0.403. The van der Waals surface area contributed by atoms with E-state index in [0.29, 0.717) is 29.1 Å². The van der Waals surface area contributed by atoms with Gasteiger partial charge in [-0.15, -0.1) is 0 Å². The molecule has 1 heterocycles. The van der Waals surface area contributed by atoms with E-state index in [9.17, 15) is 9.59 Å². The molecule has 0 aliphatic carbocycles. The summed E-state index contributed by atoms with van der Waals surface area (Å²) >= 11 is 1.36. The summed E-state index contributed by atoms with van der Waals surface area (Å²) in [6, 6.07) is 18.7. The van der Waals surface area contributed by atoms with Crippen LogP contribution in [-0.4, -0.2) is 37.3 Å². The van der Waals surface area contributed by atoms with Crippen molar-refractivity contribution in [3.63, 3.8) is 0 Å². The van der Waals surface area contributed by atoms with Crippen LogP contribution >= 0.6 is 11.3 Å². The largest absolute Gasteiger partial charge is 0.465 e. The number of hydrogen-bond donors (Lipinski definition) is 0. The number of carbonyl (C=O) groups excluding carboxylic acids is 2. The molecule has 0 aliphatic heterocycles. The highest BCUT2D eigenvalue weighted by Crippen LogP contribution is 2.21. The zero-order valence-electron chi connectivity index (χ0n) is 16.6. The van der Waals surface area contributed by atoms with Crippen LogP contribution in [0.15, 0.2) is 65.7 Å². The molecule has 0 saturated carbocycles. The Morgan fingerprint density at radius 2 is 1.73 bits per heavy atom. The molecule has 6 nitrogen and oxygen atoms in total. The van der Waals surface area contributed by atoms with E-state index < -0.39 is 5.97 Å². The molecular formula is C23H20N2O4S. The normalized spacial score (nSPS) is 11.9. The molecule has 1 amide bonds. The van der Waals surface area contributed by atoms with Crippen molar-refractivity contribution in [3.8, 4) is 0 Å². The Morgan fingerprint density at radius 3 is 2.50 bits per heavy atom. The van der Waals surface area contributed by atoms with Gasteiger partial charge in [0.2, 0.25) is 0 Å². The minimum Gasteiger partial charge on any atom is -0.465 e. The monoisotopic (exact) mass is 420 g/mol. The SMILES string of the molecule is COCCn1c(=NC(=O)c2ccc3ccccc3c2)sc2cc(C(=O)OC)ccc21. The number of aromatic nitrogens is 1. The van der Waals surface area contributed by atoms with Crippen LogP contribution in [0.1, 0.15) is 20.7 Å². The molecule has 0 spiro atoms. The summed E-state index contributed by atoms with van der Waals surface area (Å²) in [5.74, 6) is -0.717. The lowest BCUT2D eigenvalue weighted by atomic mass is 10.1. The number of fused-ring (bicyclic) bond motifs is 2. The number of amides is 1. The summed E-state index contributed by atoms with van der Waals surface area (Å²) in [6.07, 6.45) is 0. The van der Waals surface area contributed by atoms with Crippen LogP contribution in [-0.2, 0) is 16.0 Å². The molecule has 152 valence electrons. The molecule has 4 rings (SSSR count). The van der Waals surface area contributed by atoms with Crippen LogP contribution in [0, 0.1) is 0 Å². The van der Waals surface area contributed by atoms with Gasteiger partial charge in [-0.05, 0) is 41.1 Å². The smallest absolute Gasteiger partial charge is 0.337 e. The molecule has 0 fully saturated rings. The fourth-order valence-corrected chi connectivity index (χ4v) is 4.37. The van der Waals surface area contributed by atoms with Gasteiger partial charge in [0.1, 0.15) is 0 Å². The van der Waals surface area contributed by atoms with Crippen molar-refractivity contribution in [2.45, 2.75) is 6.54 Å². The first-order chi connectivity index (χ1) is 14.6. The summed E-state index contributed by atoms with van der Waals surface area (Å²) in [4.78, 5) is 29.7. The lowest BCUT2D eigenvalue weighted by molar-refractivity contribution is 0.0600. The number of carbonyl (C=O) groups is 2. The van der Waals surface area contributed by atoms with Crippen LogP contribution in [0.5, 0.6) is 0 Å². The van der Waals surface area contributed by atoms with Crippen LogP contribution in [0.4, 0.5) is 0 Å². The highest BCUT2D eigenvalue weighted by molar-refractivity contribution is 7.16. The number of rotatable bonds is 5. The molecule has 0 atom stereocenters. The van der Waals surface area contributed by atoms with E-state index in [0.717, 1.165) is 21.0 Å². The number of ether oxygens (including phenoxy) is 2. The molecule has 4 aromatic rings. The second-order valence-corrected chi connectivity index (χ2v) is 7.69. The van der Waals surface area contributed by atoms with Crippen molar-refractivity contribution in [2.24, 2.45) is 4.99 Å². The first kappa shape index (κ1) is 20.0. The number of hydrogen-bond acceptors (Lipinski definition) is 5. The fraction of sp³-hybridized carbons (Fsp3) is 0.174. The van der Waals surface area contributed by atoms with E-state index in [2.05, 4.69) is 4.99 Å². The molecule has 1 aromatic heterocycles. The highest BCUT2D eigenvalue weighted by Gasteiger charge is 2.13. The zero-order valence-corrected chi connectivity index (χ0v) is 17.4. The zero-order chi connectivity index (χ0) is 21.1. The summed E-state index contributed by atoms with van der Waals surface area (Å²) in [5.41, 5.74) is 1.87. The Kier molecular flexibility index (Phi) is 5.74. The van der Waals surface area contributed by atoms with Crippen LogP contribution in [0.3, 0.4) is 0 Å². The van der Waals surface area contributed by atoms with Gasteiger partial charge in [0.15, 0.2) is 4.80 Å². The van der Waals surface area contributed by atoms with Gasteiger partial charge in [-0.2, -0.15) is 4.99 Å². The molecule has 3 aromatic carbocycles. The second-order valence-electron chi connectivity index (χ2n) is 6.68. The third-order valence-corrected chi connectivity index (χ3v) is 5.86. The Morgan fingerprint density at radius 1 is 0.967 bits per heavy atom. The maximum atomic E-state index is 12.9. The first-order valence-electron chi connectivity index (χ1n) is 9.39. The van der Waals surface area contributed by atoms with E-state index in [1.165, 1.54) is 18.4 Å². The summed E-state index contributed by atoms with van der Waals surface area (Å²) in [6.45, 7) is 1.01. The van der Waals surface area contributed by atoms with Crippen LogP contribution < -0.4 is 4.80 Å². The fourth-order valence-electron chi connectivity index (χ4n) is 3.28. The lowest BCUT2D eigenvalue weighted by Gasteiger charge is -2.05. The van der Waals surface area contributed by atoms with Gasteiger partial charge in [0.25, 0.3) is 5.91 Å². The van der Waals surface area contributed by atoms with Crippen LogP contribution in [0.25, 0.3) is 21.0 Å². The Balaban J connectivity index is 1.80. The van der Waals surface area contributed by atoms with Gasteiger partial charge in [0.05, 0.1) is 29.5 Å². The average molecular weight is 420 g/mol. The Labute approximate surface area is 177 Å². The second kappa shape index (κ2) is 8.61. The van der Waals surface area contributed by atoms with Crippen LogP contribution in [0.2, 0.25) is 0 Å². The molecule has 0 aliphatic rings. The van der Waals surface area contributed by atoms with E-state index >= 15 is 0 Å². The van der Waals surface area contributed by atoms with Crippen molar-refractivity contribution in [1.29, 1.82) is 0 Å². The Hall–Kier alpha value is -3.29. The molecule has 30 heavy (non-hydrogen) atoms. The van der Waals surface area contributed by atoms with Gasteiger partial charge in [0, 0.05) is 19.2 Å². The van der Waals surface area contributed by atoms with E-state index in [-0.39, 0.29) is 5.91 Å². The van der Waals surface area contributed by atoms with E-state index in [1.807, 2.05) is 47.0 Å². The molecule has 0 radical (unpaired) electrons.